The molecule has 154 valence electrons. The third-order valence-electron chi connectivity index (χ3n) is 5.47. The number of methoxy groups -OCH3 is 2. The fourth-order valence-electron chi connectivity index (χ4n) is 4.07. The van der Waals surface area contributed by atoms with Gasteiger partial charge in [0.2, 0.25) is 12.7 Å². The van der Waals surface area contributed by atoms with Crippen molar-refractivity contribution < 1.29 is 23.7 Å². The van der Waals surface area contributed by atoms with Gasteiger partial charge in [0, 0.05) is 23.5 Å². The number of nitrogens with one attached hydrogen (secondary N) is 1. The first-order valence-electron chi connectivity index (χ1n) is 9.63. The van der Waals surface area contributed by atoms with Crippen LogP contribution in [0.2, 0.25) is 0 Å². The monoisotopic (exact) mass is 407 g/mol. The Morgan fingerprint density at radius 2 is 2.00 bits per heavy atom. The summed E-state index contributed by atoms with van der Waals surface area (Å²) < 4.78 is 23.7. The van der Waals surface area contributed by atoms with Gasteiger partial charge in [0.1, 0.15) is 5.82 Å². The molecule has 0 aliphatic carbocycles. The van der Waals surface area contributed by atoms with Crippen LogP contribution >= 0.6 is 0 Å². The predicted molar refractivity (Wildman–Crippen MR) is 109 cm³/mol. The number of carbonyl (C=O) groups excluding carboxylic acids is 1. The Balaban J connectivity index is 1.52. The zero-order valence-corrected chi connectivity index (χ0v) is 16.7. The van der Waals surface area contributed by atoms with Gasteiger partial charge in [0.15, 0.2) is 23.0 Å². The summed E-state index contributed by atoms with van der Waals surface area (Å²) in [6, 6.07) is 11.5. The fraction of sp³-hybridized carbons (Fsp3) is 0.273. The molecule has 2 aliphatic rings. The van der Waals surface area contributed by atoms with Crippen molar-refractivity contribution in [3.63, 3.8) is 0 Å². The number of rotatable bonds is 5. The van der Waals surface area contributed by atoms with E-state index in [1.165, 1.54) is 0 Å². The number of carbonyl (C=O) groups is 1. The van der Waals surface area contributed by atoms with E-state index in [9.17, 15) is 4.79 Å². The molecule has 30 heavy (non-hydrogen) atoms. The maximum atomic E-state index is 12.6. The highest BCUT2D eigenvalue weighted by Crippen LogP contribution is 2.44. The Hall–Kier alpha value is -3.68. The Kier molecular flexibility index (Phi) is 4.46. The van der Waals surface area contributed by atoms with Crippen LogP contribution in [-0.2, 0) is 11.3 Å². The largest absolute Gasteiger partial charge is 0.493 e. The smallest absolute Gasteiger partial charge is 0.231 e. The van der Waals surface area contributed by atoms with E-state index in [0.29, 0.717) is 30.3 Å². The molecule has 0 fully saturated rings. The van der Waals surface area contributed by atoms with Crippen LogP contribution in [0.3, 0.4) is 0 Å². The van der Waals surface area contributed by atoms with E-state index in [1.807, 2.05) is 42.6 Å². The second kappa shape index (κ2) is 7.29. The predicted octanol–water partition coefficient (Wildman–Crippen LogP) is 3.15. The van der Waals surface area contributed by atoms with Gasteiger partial charge in [0.05, 0.1) is 27.0 Å². The zero-order chi connectivity index (χ0) is 20.7. The Labute approximate surface area is 173 Å². The van der Waals surface area contributed by atoms with Crippen molar-refractivity contribution in [2.45, 2.75) is 18.9 Å². The van der Waals surface area contributed by atoms with E-state index in [1.54, 1.807) is 18.9 Å². The lowest BCUT2D eigenvalue weighted by atomic mass is 9.86. The molecule has 1 unspecified atom stereocenters. The number of ether oxygens (including phenoxy) is 4. The van der Waals surface area contributed by atoms with Crippen molar-refractivity contribution in [3.05, 3.63) is 59.3 Å². The normalized spacial score (nSPS) is 16.7. The maximum absolute atomic E-state index is 12.6. The standard InChI is InChI=1S/C22H21N3O5/c1-27-18-5-3-4-14(21(18)28-2)15-9-20(26)24-22-16(15)10-23-25(22)11-13-6-7-17-19(8-13)30-12-29-17/h3-8,10,15H,9,11-12H2,1-2H3,(H,24,26). The summed E-state index contributed by atoms with van der Waals surface area (Å²) in [5, 5.41) is 7.53. The van der Waals surface area contributed by atoms with Gasteiger partial charge in [0.25, 0.3) is 0 Å². The highest BCUT2D eigenvalue weighted by Gasteiger charge is 2.32. The summed E-state index contributed by atoms with van der Waals surface area (Å²) in [6.45, 7) is 0.726. The second-order valence-electron chi connectivity index (χ2n) is 7.18. The van der Waals surface area contributed by atoms with E-state index in [0.717, 1.165) is 28.2 Å². The molecule has 3 heterocycles. The van der Waals surface area contributed by atoms with Crippen molar-refractivity contribution in [2.75, 3.05) is 26.3 Å². The summed E-state index contributed by atoms with van der Waals surface area (Å²) >= 11 is 0. The topological polar surface area (TPSA) is 83.8 Å². The third-order valence-corrected chi connectivity index (χ3v) is 5.47. The summed E-state index contributed by atoms with van der Waals surface area (Å²) in [6.07, 6.45) is 2.12. The third kappa shape index (κ3) is 3.01. The molecule has 0 saturated heterocycles. The number of nitrogens with zero attached hydrogens (tertiary/aromatic N) is 2. The van der Waals surface area contributed by atoms with Gasteiger partial charge in [-0.05, 0) is 23.8 Å². The Bertz CT molecular complexity index is 1120. The number of hydrogen-bond acceptors (Lipinski definition) is 6. The Morgan fingerprint density at radius 1 is 1.13 bits per heavy atom. The van der Waals surface area contributed by atoms with E-state index in [2.05, 4.69) is 10.4 Å². The molecule has 3 aromatic rings. The van der Waals surface area contributed by atoms with Gasteiger partial charge < -0.3 is 24.3 Å². The minimum absolute atomic E-state index is 0.0650. The average molecular weight is 407 g/mol. The molecule has 0 spiro atoms. The summed E-state index contributed by atoms with van der Waals surface area (Å²) in [5.41, 5.74) is 2.85. The van der Waals surface area contributed by atoms with Crippen molar-refractivity contribution in [2.24, 2.45) is 0 Å². The molecule has 1 N–H and O–H groups in total. The summed E-state index contributed by atoms with van der Waals surface area (Å²) in [7, 11) is 3.21. The molecule has 0 saturated carbocycles. The maximum Gasteiger partial charge on any atom is 0.231 e. The minimum Gasteiger partial charge on any atom is -0.493 e. The Morgan fingerprint density at radius 3 is 2.83 bits per heavy atom. The SMILES string of the molecule is COc1cccc(C2CC(=O)Nc3c2cnn3Cc2ccc3c(c2)OCO3)c1OC. The quantitative estimate of drug-likeness (QED) is 0.700. The first kappa shape index (κ1) is 18.4. The van der Waals surface area contributed by atoms with Crippen LogP contribution in [0.15, 0.2) is 42.6 Å². The lowest BCUT2D eigenvalue weighted by Gasteiger charge is -2.25. The first-order chi connectivity index (χ1) is 14.7. The van der Waals surface area contributed by atoms with Crippen LogP contribution in [0.5, 0.6) is 23.0 Å². The van der Waals surface area contributed by atoms with Crippen LogP contribution in [0.1, 0.15) is 29.0 Å². The highest BCUT2D eigenvalue weighted by molar-refractivity contribution is 5.94. The lowest BCUT2D eigenvalue weighted by Crippen LogP contribution is -2.25. The molecular formula is C22H21N3O5. The summed E-state index contributed by atoms with van der Waals surface area (Å²) in [4.78, 5) is 12.6. The van der Waals surface area contributed by atoms with Crippen molar-refractivity contribution in [1.82, 2.24) is 9.78 Å². The average Bonchev–Trinajstić information content (AvgIpc) is 3.39. The zero-order valence-electron chi connectivity index (χ0n) is 16.7. The highest BCUT2D eigenvalue weighted by atomic mass is 16.7. The van der Waals surface area contributed by atoms with Crippen LogP contribution < -0.4 is 24.3 Å². The molecule has 0 radical (unpaired) electrons. The van der Waals surface area contributed by atoms with Gasteiger partial charge in [-0.25, -0.2) is 4.68 Å². The number of para-hydroxylation sites is 1. The number of fused-ring (bicyclic) bond motifs is 2. The lowest BCUT2D eigenvalue weighted by molar-refractivity contribution is -0.116. The van der Waals surface area contributed by atoms with Gasteiger partial charge in [-0.1, -0.05) is 18.2 Å². The molecule has 1 atom stereocenters. The van der Waals surface area contributed by atoms with Crippen molar-refractivity contribution in [1.29, 1.82) is 0 Å². The minimum atomic E-state index is -0.177. The number of amides is 1. The molecule has 5 rings (SSSR count). The van der Waals surface area contributed by atoms with E-state index >= 15 is 0 Å². The molecule has 1 amide bonds. The molecule has 2 aliphatic heterocycles. The number of hydrogen-bond donors (Lipinski definition) is 1. The molecule has 2 aromatic carbocycles. The summed E-state index contributed by atoms with van der Waals surface area (Å²) in [5.74, 6) is 3.17. The van der Waals surface area contributed by atoms with E-state index in [4.69, 9.17) is 18.9 Å². The van der Waals surface area contributed by atoms with Gasteiger partial charge in [-0.2, -0.15) is 5.10 Å². The van der Waals surface area contributed by atoms with Crippen LogP contribution in [0, 0.1) is 0 Å². The van der Waals surface area contributed by atoms with Gasteiger partial charge in [-0.3, -0.25) is 4.79 Å². The van der Waals surface area contributed by atoms with Crippen LogP contribution in [0.4, 0.5) is 5.82 Å². The van der Waals surface area contributed by atoms with Crippen molar-refractivity contribution >= 4 is 11.7 Å². The first-order valence-corrected chi connectivity index (χ1v) is 9.63. The van der Waals surface area contributed by atoms with Crippen molar-refractivity contribution in [3.8, 4) is 23.0 Å². The van der Waals surface area contributed by atoms with E-state index in [-0.39, 0.29) is 18.6 Å². The molecule has 8 nitrogen and oxygen atoms in total. The number of anilines is 1. The fourth-order valence-corrected chi connectivity index (χ4v) is 4.07. The molecular weight excluding hydrogens is 386 g/mol. The van der Waals surface area contributed by atoms with Crippen LogP contribution in [0.25, 0.3) is 0 Å². The van der Waals surface area contributed by atoms with Gasteiger partial charge in [-0.15, -0.1) is 0 Å². The van der Waals surface area contributed by atoms with E-state index < -0.39 is 0 Å². The molecule has 8 heteroatoms. The second-order valence-corrected chi connectivity index (χ2v) is 7.18. The number of benzene rings is 2. The number of aromatic nitrogens is 2. The molecule has 1 aromatic heterocycles. The molecule has 0 bridgehead atoms. The van der Waals surface area contributed by atoms with Gasteiger partial charge >= 0.3 is 0 Å². The van der Waals surface area contributed by atoms with Crippen LogP contribution in [-0.4, -0.2) is 36.7 Å².